The second kappa shape index (κ2) is 13.5. The molecule has 0 aliphatic heterocycles. The normalized spacial score (nSPS) is 17.1. The topological polar surface area (TPSA) is 66.8 Å². The smallest absolute Gasteiger partial charge is 0.366 e. The molecule has 0 radical (unpaired) electrons. The number of unbranched alkanes of at least 4 members (excludes halogenated alkanes) is 4. The van der Waals surface area contributed by atoms with E-state index in [0.717, 1.165) is 26.4 Å². The Morgan fingerprint density at radius 1 is 1.21 bits per heavy atom. The molecule has 0 fully saturated rings. The summed E-state index contributed by atoms with van der Waals surface area (Å²) in [7, 11) is 1.13. The minimum Gasteiger partial charge on any atom is -0.465 e. The van der Waals surface area contributed by atoms with E-state index in [-0.39, 0.29) is 6.42 Å². The molecule has 1 aliphatic rings. The van der Waals surface area contributed by atoms with E-state index >= 15 is 0 Å². The van der Waals surface area contributed by atoms with Gasteiger partial charge in [-0.2, -0.15) is 0 Å². The second-order valence-electron chi connectivity index (χ2n) is 7.62. The van der Waals surface area contributed by atoms with Gasteiger partial charge in [0.1, 0.15) is 0 Å². The van der Waals surface area contributed by atoms with Crippen molar-refractivity contribution in [3.8, 4) is 0 Å². The average molecular weight is 391 g/mol. The summed E-state index contributed by atoms with van der Waals surface area (Å²) in [5.41, 5.74) is 5.93. The highest BCUT2D eigenvalue weighted by Gasteiger charge is 2.32. The highest BCUT2D eigenvalue weighted by atomic mass is 16.6. The van der Waals surface area contributed by atoms with Gasteiger partial charge in [0, 0.05) is 6.42 Å². The summed E-state index contributed by atoms with van der Waals surface area (Å²) in [5, 5.41) is 19.2. The minimum absolute atomic E-state index is 0.238. The van der Waals surface area contributed by atoms with E-state index in [4.69, 9.17) is 0 Å². The number of hydrogen-bond acceptors (Lipinski definition) is 4. The molecule has 158 valence electrons. The Morgan fingerprint density at radius 3 is 2.68 bits per heavy atom. The zero-order valence-corrected chi connectivity index (χ0v) is 17.9. The maximum Gasteiger partial charge on any atom is 0.366 e. The molecule has 1 atom stereocenters. The van der Waals surface area contributed by atoms with Gasteiger partial charge in [0.15, 0.2) is 0 Å². The molecule has 0 aromatic heterocycles. The molecule has 0 amide bonds. The molecule has 0 spiro atoms. The molecule has 0 saturated heterocycles. The van der Waals surface area contributed by atoms with Crippen LogP contribution < -0.4 is 0 Å². The summed E-state index contributed by atoms with van der Waals surface area (Å²) in [5.74, 6) is -2.91. The quantitative estimate of drug-likeness (QED) is 0.192. The highest BCUT2D eigenvalue weighted by molar-refractivity contribution is 5.77. The third-order valence-corrected chi connectivity index (χ3v) is 5.30. The second-order valence-corrected chi connectivity index (χ2v) is 7.62. The lowest BCUT2D eigenvalue weighted by Gasteiger charge is -2.15. The van der Waals surface area contributed by atoms with Gasteiger partial charge in [-0.25, -0.2) is 4.79 Å². The fourth-order valence-corrected chi connectivity index (χ4v) is 3.70. The van der Waals surface area contributed by atoms with Crippen LogP contribution in [0.4, 0.5) is 0 Å². The van der Waals surface area contributed by atoms with Gasteiger partial charge in [0.25, 0.3) is 5.79 Å². The van der Waals surface area contributed by atoms with Crippen molar-refractivity contribution in [3.05, 3.63) is 41.2 Å². The predicted octanol–water partition coefficient (Wildman–Crippen LogP) is 5.37. The standard InChI is InChI=1S/C24H38O4/c1-4-6-7-8-9-11-15-21-18-17-20(14-5-2)22(21)16-12-10-13-19-24(26,27)23(25)28-3/h11-13,15,20,26-27H,4-9,14,16-19H2,1-3H3/b15-11+/t10?,20-/m0/s1. The fraction of sp³-hybridized carbons (Fsp3) is 0.667. The number of methoxy groups -OCH3 is 1. The molecule has 0 bridgehead atoms. The Bertz CT molecular complexity index is 592. The zero-order chi connectivity index (χ0) is 20.8. The lowest BCUT2D eigenvalue weighted by atomic mass is 9.93. The van der Waals surface area contributed by atoms with Crippen LogP contribution in [0, 0.1) is 5.92 Å². The molecule has 2 N–H and O–H groups in total. The van der Waals surface area contributed by atoms with Gasteiger partial charge in [-0.3, -0.25) is 0 Å². The summed E-state index contributed by atoms with van der Waals surface area (Å²) in [6, 6.07) is 0. The zero-order valence-electron chi connectivity index (χ0n) is 17.9. The first-order valence-electron chi connectivity index (χ1n) is 10.8. The molecule has 1 aliphatic carbocycles. The van der Waals surface area contributed by atoms with Crippen molar-refractivity contribution in [3.63, 3.8) is 0 Å². The molecular weight excluding hydrogens is 352 g/mol. The van der Waals surface area contributed by atoms with E-state index in [9.17, 15) is 15.0 Å². The summed E-state index contributed by atoms with van der Waals surface area (Å²) < 4.78 is 4.36. The third kappa shape index (κ3) is 8.60. The van der Waals surface area contributed by atoms with Gasteiger partial charge >= 0.3 is 5.97 Å². The summed E-state index contributed by atoms with van der Waals surface area (Å²) in [6.45, 7) is 4.46. The van der Waals surface area contributed by atoms with Crippen LogP contribution in [0.15, 0.2) is 41.2 Å². The summed E-state index contributed by atoms with van der Waals surface area (Å²) in [6.07, 6.45) is 19.7. The van der Waals surface area contributed by atoms with Crippen molar-refractivity contribution in [1.82, 2.24) is 0 Å². The van der Waals surface area contributed by atoms with Crippen LogP contribution in [-0.4, -0.2) is 29.1 Å². The monoisotopic (exact) mass is 390 g/mol. The van der Waals surface area contributed by atoms with Gasteiger partial charge in [-0.05, 0) is 62.2 Å². The number of esters is 1. The maximum atomic E-state index is 11.3. The number of rotatable bonds is 13. The van der Waals surface area contributed by atoms with E-state index in [1.165, 1.54) is 62.2 Å². The van der Waals surface area contributed by atoms with Gasteiger partial charge in [-0.1, -0.05) is 57.3 Å². The highest BCUT2D eigenvalue weighted by Crippen LogP contribution is 2.37. The molecular formula is C24H38O4. The van der Waals surface area contributed by atoms with E-state index in [2.05, 4.69) is 36.5 Å². The molecule has 28 heavy (non-hydrogen) atoms. The van der Waals surface area contributed by atoms with Gasteiger partial charge in [-0.15, -0.1) is 5.73 Å². The predicted molar refractivity (Wildman–Crippen MR) is 114 cm³/mol. The lowest BCUT2D eigenvalue weighted by Crippen LogP contribution is -2.38. The van der Waals surface area contributed by atoms with Crippen LogP contribution in [0.5, 0.6) is 0 Å². The van der Waals surface area contributed by atoms with E-state index in [0.29, 0.717) is 5.92 Å². The number of ether oxygens (including phenoxy) is 1. The first kappa shape index (κ1) is 24.4. The largest absolute Gasteiger partial charge is 0.465 e. The summed E-state index contributed by atoms with van der Waals surface area (Å²) >= 11 is 0. The molecule has 0 unspecified atom stereocenters. The van der Waals surface area contributed by atoms with E-state index < -0.39 is 11.8 Å². The van der Waals surface area contributed by atoms with Crippen LogP contribution in [0.1, 0.15) is 84.5 Å². The van der Waals surface area contributed by atoms with Crippen molar-refractivity contribution in [2.24, 2.45) is 5.92 Å². The first-order valence-corrected chi connectivity index (χ1v) is 10.8. The molecule has 0 saturated carbocycles. The van der Waals surface area contributed by atoms with Crippen molar-refractivity contribution in [2.45, 2.75) is 90.3 Å². The van der Waals surface area contributed by atoms with Crippen LogP contribution in [0.3, 0.4) is 0 Å². The Morgan fingerprint density at radius 2 is 2.00 bits per heavy atom. The maximum absolute atomic E-state index is 11.3. The fourth-order valence-electron chi connectivity index (χ4n) is 3.70. The van der Waals surface area contributed by atoms with Crippen molar-refractivity contribution in [1.29, 1.82) is 0 Å². The molecule has 1 rings (SSSR count). The van der Waals surface area contributed by atoms with Gasteiger partial charge in [0.2, 0.25) is 0 Å². The number of carbonyl (C=O) groups excluding carboxylic acids is 1. The van der Waals surface area contributed by atoms with E-state index in [1.807, 2.05) is 6.08 Å². The molecule has 0 aromatic rings. The number of aliphatic hydroxyl groups is 2. The van der Waals surface area contributed by atoms with Crippen molar-refractivity contribution < 1.29 is 19.7 Å². The SMILES string of the molecule is CCCCCC/C=C/C1=C(CC=C=CCC(O)(O)C(=O)OC)[C@@H](CCC)CC1. The van der Waals surface area contributed by atoms with Crippen molar-refractivity contribution in [2.75, 3.05) is 7.11 Å². The number of carbonyl (C=O) groups is 1. The molecule has 4 nitrogen and oxygen atoms in total. The number of allylic oxidation sites excluding steroid dienone is 4. The lowest BCUT2D eigenvalue weighted by molar-refractivity contribution is -0.205. The van der Waals surface area contributed by atoms with Crippen LogP contribution in [-0.2, 0) is 9.53 Å². The third-order valence-electron chi connectivity index (χ3n) is 5.30. The molecule has 0 heterocycles. The summed E-state index contributed by atoms with van der Waals surface area (Å²) in [4.78, 5) is 11.3. The Labute approximate surface area is 170 Å². The van der Waals surface area contributed by atoms with E-state index in [1.54, 1.807) is 0 Å². The Balaban J connectivity index is 2.69. The average Bonchev–Trinajstić information content (AvgIpc) is 3.05. The van der Waals surface area contributed by atoms with Crippen LogP contribution in [0.2, 0.25) is 0 Å². The molecule has 0 aromatic carbocycles. The number of hydrogen-bond donors (Lipinski definition) is 2. The van der Waals surface area contributed by atoms with Gasteiger partial charge in [0.05, 0.1) is 7.11 Å². The van der Waals surface area contributed by atoms with Crippen LogP contribution >= 0.6 is 0 Å². The Hall–Kier alpha value is -1.61. The van der Waals surface area contributed by atoms with Gasteiger partial charge < -0.3 is 14.9 Å². The first-order chi connectivity index (χ1) is 13.5. The molecule has 4 heteroatoms. The Kier molecular flexibility index (Phi) is 11.8. The van der Waals surface area contributed by atoms with Crippen LogP contribution in [0.25, 0.3) is 0 Å². The van der Waals surface area contributed by atoms with Crippen molar-refractivity contribution >= 4 is 5.97 Å². The minimum atomic E-state index is -2.49.